The number of hydrogen-bond acceptors (Lipinski definition) is 4. The van der Waals surface area contributed by atoms with Crippen molar-refractivity contribution in [2.24, 2.45) is 0 Å². The summed E-state index contributed by atoms with van der Waals surface area (Å²) in [6, 6.07) is 15.8. The van der Waals surface area contributed by atoms with Crippen LogP contribution in [-0.2, 0) is 13.0 Å². The summed E-state index contributed by atoms with van der Waals surface area (Å²) in [6.07, 6.45) is 1.59. The molecule has 1 amide bonds. The minimum absolute atomic E-state index is 0.0181. The van der Waals surface area contributed by atoms with Crippen molar-refractivity contribution in [3.63, 3.8) is 0 Å². The first-order chi connectivity index (χ1) is 15.5. The summed E-state index contributed by atoms with van der Waals surface area (Å²) in [5, 5.41) is 5.68. The first-order valence-corrected chi connectivity index (χ1v) is 11.9. The number of carbonyl (C=O) groups is 1. The van der Waals surface area contributed by atoms with E-state index in [1.807, 2.05) is 61.7 Å². The molecule has 7 heteroatoms. The van der Waals surface area contributed by atoms with Gasteiger partial charge in [-0.05, 0) is 67.1 Å². The molecular formula is C25H26ClN3O2S. The van der Waals surface area contributed by atoms with Crippen LogP contribution >= 0.6 is 22.9 Å². The Morgan fingerprint density at radius 2 is 1.94 bits per heavy atom. The largest absolute Gasteiger partial charge is 0.492 e. The number of nitrogens with zero attached hydrogens (tertiary/aromatic N) is 2. The van der Waals surface area contributed by atoms with Crippen LogP contribution in [0.4, 0.5) is 0 Å². The highest BCUT2D eigenvalue weighted by Gasteiger charge is 2.12. The number of benzene rings is 2. The topological polar surface area (TPSA) is 56.1 Å². The molecule has 4 aromatic rings. The highest BCUT2D eigenvalue weighted by atomic mass is 35.5. The van der Waals surface area contributed by atoms with Gasteiger partial charge >= 0.3 is 0 Å². The zero-order chi connectivity index (χ0) is 22.5. The molecule has 2 heterocycles. The fourth-order valence-corrected chi connectivity index (χ4v) is 4.50. The summed E-state index contributed by atoms with van der Waals surface area (Å²) in [5.41, 5.74) is 4.10. The summed E-state index contributed by atoms with van der Waals surface area (Å²) < 4.78 is 8.25. The zero-order valence-electron chi connectivity index (χ0n) is 18.2. The summed E-state index contributed by atoms with van der Waals surface area (Å²) in [4.78, 5) is 17.7. The highest BCUT2D eigenvalue weighted by molar-refractivity contribution is 7.12. The van der Waals surface area contributed by atoms with Gasteiger partial charge in [0.15, 0.2) is 0 Å². The first-order valence-electron chi connectivity index (χ1n) is 10.7. The molecule has 2 aromatic heterocycles. The first kappa shape index (κ1) is 22.4. The minimum atomic E-state index is -0.0181. The quantitative estimate of drug-likeness (QED) is 0.316. The van der Waals surface area contributed by atoms with Gasteiger partial charge in [-0.1, -0.05) is 29.8 Å². The van der Waals surface area contributed by atoms with Gasteiger partial charge in [-0.2, -0.15) is 0 Å². The molecular weight excluding hydrogens is 442 g/mol. The number of para-hydroxylation sites is 2. The van der Waals surface area contributed by atoms with Crippen molar-refractivity contribution in [2.75, 3.05) is 13.2 Å². The van der Waals surface area contributed by atoms with Gasteiger partial charge in [-0.3, -0.25) is 4.79 Å². The van der Waals surface area contributed by atoms with Gasteiger partial charge in [-0.15, -0.1) is 11.3 Å². The summed E-state index contributed by atoms with van der Waals surface area (Å²) in [7, 11) is 0. The smallest absolute Gasteiger partial charge is 0.261 e. The monoisotopic (exact) mass is 467 g/mol. The molecule has 0 saturated heterocycles. The van der Waals surface area contributed by atoms with Gasteiger partial charge < -0.3 is 14.6 Å². The molecule has 0 fully saturated rings. The fraction of sp³-hybridized carbons (Fsp3) is 0.280. The van der Waals surface area contributed by atoms with Crippen molar-refractivity contribution in [2.45, 2.75) is 33.2 Å². The molecule has 32 heavy (non-hydrogen) atoms. The van der Waals surface area contributed by atoms with Gasteiger partial charge in [0.05, 0.1) is 22.5 Å². The van der Waals surface area contributed by atoms with E-state index in [4.69, 9.17) is 21.3 Å². The zero-order valence-corrected chi connectivity index (χ0v) is 19.8. The third kappa shape index (κ3) is 5.14. The number of halogens is 1. The van der Waals surface area contributed by atoms with E-state index in [-0.39, 0.29) is 5.91 Å². The fourth-order valence-electron chi connectivity index (χ4n) is 3.75. The Kier molecular flexibility index (Phi) is 7.12. The molecule has 2 aromatic carbocycles. The summed E-state index contributed by atoms with van der Waals surface area (Å²) in [6.45, 7) is 5.81. The lowest BCUT2D eigenvalue weighted by molar-refractivity contribution is 0.0957. The van der Waals surface area contributed by atoms with Crippen molar-refractivity contribution < 1.29 is 9.53 Å². The summed E-state index contributed by atoms with van der Waals surface area (Å²) >= 11 is 7.72. The standard InChI is InChI=1S/C25H26ClN3O2S/c1-17-15-19(16-18(2)24(17)26)31-13-12-29-21-8-4-3-7-20(21)28-23(29)10-5-11-27-25(30)22-9-6-14-32-22/h3-4,6-9,14-16H,5,10-13H2,1-2H3,(H,27,30). The van der Waals surface area contributed by atoms with Crippen LogP contribution in [0.1, 0.15) is 33.0 Å². The average molecular weight is 468 g/mol. The molecule has 166 valence electrons. The Hall–Kier alpha value is -2.83. The molecule has 5 nitrogen and oxygen atoms in total. The number of carbonyl (C=O) groups excluding carboxylic acids is 1. The van der Waals surface area contributed by atoms with Crippen LogP contribution in [0.5, 0.6) is 5.75 Å². The second-order valence-electron chi connectivity index (χ2n) is 7.72. The maximum absolute atomic E-state index is 12.1. The third-order valence-corrected chi connectivity index (χ3v) is 6.80. The molecule has 0 radical (unpaired) electrons. The molecule has 0 atom stereocenters. The van der Waals surface area contributed by atoms with Crippen LogP contribution in [0.15, 0.2) is 53.9 Å². The molecule has 0 spiro atoms. The predicted octanol–water partition coefficient (Wildman–Crippen LogP) is 5.81. The van der Waals surface area contributed by atoms with E-state index in [2.05, 4.69) is 16.0 Å². The van der Waals surface area contributed by atoms with Gasteiger partial charge in [0.2, 0.25) is 0 Å². The molecule has 0 aliphatic carbocycles. The van der Waals surface area contributed by atoms with Gasteiger partial charge in [-0.25, -0.2) is 4.98 Å². The summed E-state index contributed by atoms with van der Waals surface area (Å²) in [5.74, 6) is 1.81. The predicted molar refractivity (Wildman–Crippen MR) is 131 cm³/mol. The van der Waals surface area contributed by atoms with E-state index in [9.17, 15) is 4.79 Å². The number of aryl methyl sites for hydroxylation is 3. The van der Waals surface area contributed by atoms with E-state index in [0.29, 0.717) is 19.7 Å². The number of ether oxygens (including phenoxy) is 1. The molecule has 0 unspecified atom stereocenters. The maximum atomic E-state index is 12.1. The van der Waals surface area contributed by atoms with Crippen molar-refractivity contribution >= 4 is 39.9 Å². The Morgan fingerprint density at radius 3 is 2.69 bits per heavy atom. The Balaban J connectivity index is 1.39. The van der Waals surface area contributed by atoms with E-state index >= 15 is 0 Å². The number of imidazole rings is 1. The van der Waals surface area contributed by atoms with Crippen molar-refractivity contribution in [3.05, 3.63) is 80.8 Å². The molecule has 0 aliphatic heterocycles. The van der Waals surface area contributed by atoms with Crippen molar-refractivity contribution in [1.82, 2.24) is 14.9 Å². The number of thiophene rings is 1. The number of rotatable bonds is 9. The van der Waals surface area contributed by atoms with E-state index < -0.39 is 0 Å². The lowest BCUT2D eigenvalue weighted by Crippen LogP contribution is -2.24. The highest BCUT2D eigenvalue weighted by Crippen LogP contribution is 2.26. The van der Waals surface area contributed by atoms with E-state index in [1.165, 1.54) is 11.3 Å². The second kappa shape index (κ2) is 10.2. The van der Waals surface area contributed by atoms with E-state index in [0.717, 1.165) is 56.5 Å². The van der Waals surface area contributed by atoms with Crippen LogP contribution in [0.3, 0.4) is 0 Å². The SMILES string of the molecule is Cc1cc(OCCn2c(CCCNC(=O)c3cccs3)nc3ccccc32)cc(C)c1Cl. The lowest BCUT2D eigenvalue weighted by Gasteiger charge is -2.13. The van der Waals surface area contributed by atoms with E-state index in [1.54, 1.807) is 0 Å². The number of aromatic nitrogens is 2. The number of amides is 1. The minimum Gasteiger partial charge on any atom is -0.492 e. The molecule has 4 rings (SSSR count). The van der Waals surface area contributed by atoms with Crippen molar-refractivity contribution in [3.8, 4) is 5.75 Å². The normalized spacial score (nSPS) is 11.1. The molecule has 1 N–H and O–H groups in total. The number of fused-ring (bicyclic) bond motifs is 1. The lowest BCUT2D eigenvalue weighted by atomic mass is 10.1. The maximum Gasteiger partial charge on any atom is 0.261 e. The van der Waals surface area contributed by atoms with Crippen LogP contribution in [0.25, 0.3) is 11.0 Å². The van der Waals surface area contributed by atoms with Gasteiger partial charge in [0.1, 0.15) is 18.2 Å². The number of nitrogens with one attached hydrogen (secondary N) is 1. The van der Waals surface area contributed by atoms with Crippen molar-refractivity contribution in [1.29, 1.82) is 0 Å². The van der Waals surface area contributed by atoms with Crippen LogP contribution < -0.4 is 10.1 Å². The Labute approximate surface area is 197 Å². The van der Waals surface area contributed by atoms with Crippen LogP contribution in [0.2, 0.25) is 5.02 Å². The second-order valence-corrected chi connectivity index (χ2v) is 9.05. The molecule has 0 aliphatic rings. The average Bonchev–Trinajstić information content (AvgIpc) is 3.43. The van der Waals surface area contributed by atoms with Gasteiger partial charge in [0.25, 0.3) is 5.91 Å². The molecule has 0 bridgehead atoms. The number of hydrogen-bond donors (Lipinski definition) is 1. The van der Waals surface area contributed by atoms with Gasteiger partial charge in [0, 0.05) is 18.0 Å². The van der Waals surface area contributed by atoms with Crippen LogP contribution in [-0.4, -0.2) is 28.6 Å². The Morgan fingerprint density at radius 1 is 1.16 bits per heavy atom. The Bertz CT molecular complexity index is 1190. The van der Waals surface area contributed by atoms with Crippen LogP contribution in [0, 0.1) is 13.8 Å². The third-order valence-electron chi connectivity index (χ3n) is 5.33. The molecule has 0 saturated carbocycles.